The number of hydrogen-bond donors (Lipinski definition) is 1. The van der Waals surface area contributed by atoms with Gasteiger partial charge in [0.15, 0.2) is 0 Å². The van der Waals surface area contributed by atoms with Crippen LogP contribution in [0.25, 0.3) is 0 Å². The third kappa shape index (κ3) is 3.13. The quantitative estimate of drug-likeness (QED) is 0.924. The molecule has 0 aliphatic carbocycles. The normalized spacial score (nSPS) is 18.1. The minimum atomic E-state index is -0.164. The van der Waals surface area contributed by atoms with E-state index in [1.54, 1.807) is 13.1 Å². The first-order valence-corrected chi connectivity index (χ1v) is 7.88. The van der Waals surface area contributed by atoms with Crippen molar-refractivity contribution in [2.24, 2.45) is 0 Å². The maximum atomic E-state index is 14.3. The third-order valence-electron chi connectivity index (χ3n) is 4.53. The summed E-state index contributed by atoms with van der Waals surface area (Å²) in [5.74, 6) is -0.236. The Morgan fingerprint density at radius 3 is 2.74 bits per heavy atom. The Labute approximate surface area is 136 Å². The van der Waals surface area contributed by atoms with Crippen LogP contribution in [-0.2, 0) is 6.54 Å². The fourth-order valence-corrected chi connectivity index (χ4v) is 3.32. The fourth-order valence-electron chi connectivity index (χ4n) is 3.32. The maximum absolute atomic E-state index is 14.3. The molecule has 0 radical (unpaired) electrons. The molecule has 2 aromatic rings. The van der Waals surface area contributed by atoms with Crippen molar-refractivity contribution >= 4 is 5.91 Å². The van der Waals surface area contributed by atoms with Gasteiger partial charge in [0.1, 0.15) is 5.82 Å². The van der Waals surface area contributed by atoms with Gasteiger partial charge < -0.3 is 10.2 Å². The lowest BCUT2D eigenvalue weighted by atomic mass is 9.85. The van der Waals surface area contributed by atoms with E-state index in [2.05, 4.69) is 17.3 Å². The number of fused-ring (bicyclic) bond motifs is 1. The number of amides is 1. The fraction of sp³-hybridized carbons (Fsp3) is 0.316. The molecule has 3 rings (SSSR count). The van der Waals surface area contributed by atoms with Crippen molar-refractivity contribution < 1.29 is 9.18 Å². The standard InChI is InChI=1S/C19H21FN2O/c1-21-19(23)13-7-8-15-14(11-13)12-22(2)10-9-16(15)17-5-3-4-6-18(17)20/h3-8,11,16H,9-10,12H2,1-2H3,(H,21,23). The summed E-state index contributed by atoms with van der Waals surface area (Å²) in [6.07, 6.45) is 0.865. The predicted octanol–water partition coefficient (Wildman–Crippen LogP) is 3.15. The molecule has 1 N–H and O–H groups in total. The van der Waals surface area contributed by atoms with Gasteiger partial charge in [-0.15, -0.1) is 0 Å². The molecule has 0 fully saturated rings. The Hall–Kier alpha value is -2.20. The molecule has 4 heteroatoms. The number of carbonyl (C=O) groups excluding carboxylic acids is 1. The van der Waals surface area contributed by atoms with Crippen molar-refractivity contribution in [1.82, 2.24) is 10.2 Å². The molecule has 1 aliphatic heterocycles. The Morgan fingerprint density at radius 1 is 1.22 bits per heavy atom. The molecule has 2 aromatic carbocycles. The van der Waals surface area contributed by atoms with Crippen molar-refractivity contribution in [3.63, 3.8) is 0 Å². The molecule has 0 saturated heterocycles. The van der Waals surface area contributed by atoms with Gasteiger partial charge in [0, 0.05) is 25.1 Å². The second-order valence-electron chi connectivity index (χ2n) is 6.09. The number of nitrogens with one attached hydrogen (secondary N) is 1. The molecule has 0 bridgehead atoms. The monoisotopic (exact) mass is 312 g/mol. The zero-order valence-electron chi connectivity index (χ0n) is 13.5. The summed E-state index contributed by atoms with van der Waals surface area (Å²) in [6.45, 7) is 1.66. The second kappa shape index (κ2) is 6.50. The highest BCUT2D eigenvalue weighted by molar-refractivity contribution is 5.94. The van der Waals surface area contributed by atoms with E-state index in [0.29, 0.717) is 5.56 Å². The van der Waals surface area contributed by atoms with Crippen molar-refractivity contribution in [2.45, 2.75) is 18.9 Å². The van der Waals surface area contributed by atoms with Crippen molar-refractivity contribution in [3.8, 4) is 0 Å². The number of nitrogens with zero attached hydrogens (tertiary/aromatic N) is 1. The summed E-state index contributed by atoms with van der Waals surface area (Å²) in [7, 11) is 3.68. The van der Waals surface area contributed by atoms with Crippen LogP contribution in [0, 0.1) is 5.82 Å². The maximum Gasteiger partial charge on any atom is 0.251 e. The van der Waals surface area contributed by atoms with Crippen LogP contribution in [-0.4, -0.2) is 31.4 Å². The first kappa shape index (κ1) is 15.7. The summed E-state index contributed by atoms with van der Waals surface area (Å²) in [6, 6.07) is 12.7. The van der Waals surface area contributed by atoms with Gasteiger partial charge in [0.2, 0.25) is 0 Å². The molecule has 0 spiro atoms. The van der Waals surface area contributed by atoms with E-state index < -0.39 is 0 Å². The van der Waals surface area contributed by atoms with Gasteiger partial charge in [-0.3, -0.25) is 4.79 Å². The number of hydrogen-bond acceptors (Lipinski definition) is 2. The van der Waals surface area contributed by atoms with Gasteiger partial charge in [-0.25, -0.2) is 4.39 Å². The molecule has 1 atom stereocenters. The molecule has 0 saturated carbocycles. The van der Waals surface area contributed by atoms with E-state index in [4.69, 9.17) is 0 Å². The average Bonchev–Trinajstić information content (AvgIpc) is 2.72. The topological polar surface area (TPSA) is 32.3 Å². The third-order valence-corrected chi connectivity index (χ3v) is 4.53. The van der Waals surface area contributed by atoms with E-state index in [1.165, 1.54) is 6.07 Å². The van der Waals surface area contributed by atoms with Crippen molar-refractivity contribution in [1.29, 1.82) is 0 Å². The highest BCUT2D eigenvalue weighted by atomic mass is 19.1. The lowest BCUT2D eigenvalue weighted by Crippen LogP contribution is -2.19. The Morgan fingerprint density at radius 2 is 2.00 bits per heavy atom. The highest BCUT2D eigenvalue weighted by Gasteiger charge is 2.25. The number of rotatable bonds is 2. The van der Waals surface area contributed by atoms with E-state index >= 15 is 0 Å². The molecular formula is C19H21FN2O. The largest absolute Gasteiger partial charge is 0.355 e. The van der Waals surface area contributed by atoms with E-state index in [1.807, 2.05) is 30.3 Å². The van der Waals surface area contributed by atoms with Gasteiger partial charge in [0.25, 0.3) is 5.91 Å². The van der Waals surface area contributed by atoms with E-state index in [-0.39, 0.29) is 17.6 Å². The van der Waals surface area contributed by atoms with E-state index in [0.717, 1.165) is 36.2 Å². The van der Waals surface area contributed by atoms with Gasteiger partial charge in [0.05, 0.1) is 0 Å². The molecule has 1 unspecified atom stereocenters. The first-order chi connectivity index (χ1) is 11.1. The van der Waals surface area contributed by atoms with Gasteiger partial charge in [-0.05, 0) is 54.9 Å². The number of benzene rings is 2. The molecule has 1 heterocycles. The lowest BCUT2D eigenvalue weighted by Gasteiger charge is -2.19. The Kier molecular flexibility index (Phi) is 4.44. The molecule has 3 nitrogen and oxygen atoms in total. The van der Waals surface area contributed by atoms with Crippen molar-refractivity contribution in [2.75, 3.05) is 20.6 Å². The smallest absolute Gasteiger partial charge is 0.251 e. The molecular weight excluding hydrogens is 291 g/mol. The summed E-state index contributed by atoms with van der Waals surface area (Å²) < 4.78 is 14.3. The minimum absolute atomic E-state index is 0.0230. The molecule has 120 valence electrons. The minimum Gasteiger partial charge on any atom is -0.355 e. The SMILES string of the molecule is CNC(=O)c1ccc2c(c1)CN(C)CCC2c1ccccc1F. The summed E-state index contributed by atoms with van der Waals surface area (Å²) >= 11 is 0. The van der Waals surface area contributed by atoms with Gasteiger partial charge in [-0.1, -0.05) is 24.3 Å². The van der Waals surface area contributed by atoms with Gasteiger partial charge in [-0.2, -0.15) is 0 Å². The summed E-state index contributed by atoms with van der Waals surface area (Å²) in [5.41, 5.74) is 3.59. The molecule has 1 amide bonds. The van der Waals surface area contributed by atoms with Crippen LogP contribution in [0.15, 0.2) is 42.5 Å². The average molecular weight is 312 g/mol. The van der Waals surface area contributed by atoms with Crippen LogP contribution >= 0.6 is 0 Å². The second-order valence-corrected chi connectivity index (χ2v) is 6.09. The van der Waals surface area contributed by atoms with Crippen LogP contribution < -0.4 is 5.32 Å². The van der Waals surface area contributed by atoms with Crippen LogP contribution in [0.3, 0.4) is 0 Å². The number of halogens is 1. The first-order valence-electron chi connectivity index (χ1n) is 7.88. The van der Waals surface area contributed by atoms with Crippen LogP contribution in [0.4, 0.5) is 4.39 Å². The zero-order valence-corrected chi connectivity index (χ0v) is 13.5. The highest BCUT2D eigenvalue weighted by Crippen LogP contribution is 2.35. The Bertz CT molecular complexity index is 729. The predicted molar refractivity (Wildman–Crippen MR) is 89.0 cm³/mol. The van der Waals surface area contributed by atoms with Crippen LogP contribution in [0.1, 0.15) is 39.4 Å². The van der Waals surface area contributed by atoms with E-state index in [9.17, 15) is 9.18 Å². The summed E-state index contributed by atoms with van der Waals surface area (Å²) in [4.78, 5) is 14.1. The number of carbonyl (C=O) groups is 1. The van der Waals surface area contributed by atoms with Crippen LogP contribution in [0.2, 0.25) is 0 Å². The molecule has 0 aromatic heterocycles. The lowest BCUT2D eigenvalue weighted by molar-refractivity contribution is 0.0963. The van der Waals surface area contributed by atoms with Crippen molar-refractivity contribution in [3.05, 3.63) is 70.5 Å². The zero-order chi connectivity index (χ0) is 16.4. The summed E-state index contributed by atoms with van der Waals surface area (Å²) in [5, 5.41) is 2.65. The molecule has 1 aliphatic rings. The van der Waals surface area contributed by atoms with Crippen LogP contribution in [0.5, 0.6) is 0 Å². The van der Waals surface area contributed by atoms with Gasteiger partial charge >= 0.3 is 0 Å². The molecule has 23 heavy (non-hydrogen) atoms. The Balaban J connectivity index is 2.08.